The van der Waals surface area contributed by atoms with Crippen LogP contribution >= 0.6 is 23.2 Å². The first kappa shape index (κ1) is 17.0. The molecule has 1 N–H and O–H groups in total. The Hall–Kier alpha value is -2.10. The number of ether oxygens (including phenoxy) is 1. The van der Waals surface area contributed by atoms with E-state index < -0.39 is 17.9 Å². The van der Waals surface area contributed by atoms with Crippen LogP contribution in [-0.2, 0) is 9.53 Å². The third-order valence-corrected chi connectivity index (χ3v) is 2.91. The third-order valence-electron chi connectivity index (χ3n) is 2.29. The Morgan fingerprint density at radius 2 is 2.19 bits per heavy atom. The normalized spacial score (nSPS) is 11.9. The van der Waals surface area contributed by atoms with Gasteiger partial charge in [0.05, 0.1) is 28.9 Å². The van der Waals surface area contributed by atoms with Crippen LogP contribution in [0.2, 0.25) is 10.0 Å². The fourth-order valence-corrected chi connectivity index (χ4v) is 1.81. The predicted molar refractivity (Wildman–Crippen MR) is 77.3 cm³/mol. The van der Waals surface area contributed by atoms with E-state index in [2.05, 4.69) is 4.99 Å². The van der Waals surface area contributed by atoms with Crippen molar-refractivity contribution in [2.45, 2.75) is 6.92 Å². The number of aliphatic imine (C=N–C) groups is 1. The molecule has 21 heavy (non-hydrogen) atoms. The number of nitriles is 1. The molecule has 0 aliphatic carbocycles. The number of benzene rings is 1. The number of hydrogen-bond donors (Lipinski definition) is 1. The van der Waals surface area contributed by atoms with Crippen LogP contribution in [0.5, 0.6) is 0 Å². The maximum atomic E-state index is 11.4. The van der Waals surface area contributed by atoms with Gasteiger partial charge in [-0.1, -0.05) is 23.2 Å². The molecule has 0 bridgehead atoms. The van der Waals surface area contributed by atoms with Crippen molar-refractivity contribution >= 4 is 47.0 Å². The van der Waals surface area contributed by atoms with E-state index >= 15 is 0 Å². The molecular weight excluding hydrogens is 319 g/mol. The summed E-state index contributed by atoms with van der Waals surface area (Å²) in [6.07, 6.45) is 1.03. The topological polar surface area (TPSA) is 99.8 Å². The minimum Gasteiger partial charge on any atom is -0.478 e. The van der Waals surface area contributed by atoms with Crippen molar-refractivity contribution in [1.82, 2.24) is 0 Å². The van der Waals surface area contributed by atoms with Gasteiger partial charge in [-0.15, -0.1) is 0 Å². The van der Waals surface area contributed by atoms with Gasteiger partial charge < -0.3 is 9.84 Å². The number of halogens is 2. The summed E-state index contributed by atoms with van der Waals surface area (Å²) in [6.45, 7) is 1.74. The Bertz CT molecular complexity index is 638. The van der Waals surface area contributed by atoms with Crippen molar-refractivity contribution in [2.24, 2.45) is 10.9 Å². The highest BCUT2D eigenvalue weighted by molar-refractivity contribution is 6.37. The van der Waals surface area contributed by atoms with Crippen molar-refractivity contribution in [3.05, 3.63) is 27.7 Å². The molecule has 0 radical (unpaired) electrons. The molecule has 0 amide bonds. The molecule has 1 unspecified atom stereocenters. The molecule has 0 spiro atoms. The molecule has 0 aliphatic heterocycles. The maximum Gasteiger partial charge on any atom is 0.337 e. The number of carboxylic acids is 1. The van der Waals surface area contributed by atoms with Crippen molar-refractivity contribution in [3.63, 3.8) is 0 Å². The summed E-state index contributed by atoms with van der Waals surface area (Å²) < 4.78 is 4.69. The zero-order valence-corrected chi connectivity index (χ0v) is 12.4. The second kappa shape index (κ2) is 7.62. The Labute approximate surface area is 130 Å². The minimum atomic E-state index is -1.26. The zero-order valence-electron chi connectivity index (χ0n) is 10.8. The summed E-state index contributed by atoms with van der Waals surface area (Å²) in [7, 11) is 0. The van der Waals surface area contributed by atoms with Gasteiger partial charge in [0.15, 0.2) is 5.92 Å². The summed E-state index contributed by atoms with van der Waals surface area (Å²) >= 11 is 11.7. The van der Waals surface area contributed by atoms with Gasteiger partial charge in [-0.2, -0.15) is 5.26 Å². The lowest BCUT2D eigenvalue weighted by Crippen LogP contribution is -2.17. The lowest BCUT2D eigenvalue weighted by Gasteiger charge is -2.05. The average Bonchev–Trinajstić information content (AvgIpc) is 2.42. The first-order chi connectivity index (χ1) is 9.90. The molecular formula is C13H10Cl2N2O4. The van der Waals surface area contributed by atoms with E-state index in [-0.39, 0.29) is 27.9 Å². The number of carbonyl (C=O) groups is 2. The highest BCUT2D eigenvalue weighted by Crippen LogP contribution is 2.32. The molecule has 6 nitrogen and oxygen atoms in total. The Balaban J connectivity index is 3.12. The second-order valence-corrected chi connectivity index (χ2v) is 4.54. The highest BCUT2D eigenvalue weighted by Gasteiger charge is 2.18. The third kappa shape index (κ3) is 4.45. The fraction of sp³-hybridized carbons (Fsp3) is 0.231. The predicted octanol–water partition coefficient (Wildman–Crippen LogP) is 3.10. The van der Waals surface area contributed by atoms with Gasteiger partial charge >= 0.3 is 11.9 Å². The summed E-state index contributed by atoms with van der Waals surface area (Å²) in [6, 6.07) is 4.22. The van der Waals surface area contributed by atoms with E-state index in [0.29, 0.717) is 0 Å². The van der Waals surface area contributed by atoms with E-state index in [9.17, 15) is 9.59 Å². The van der Waals surface area contributed by atoms with E-state index in [1.807, 2.05) is 0 Å². The van der Waals surface area contributed by atoms with Crippen LogP contribution in [-0.4, -0.2) is 29.9 Å². The molecule has 110 valence electrons. The number of hydrogen-bond acceptors (Lipinski definition) is 5. The van der Waals surface area contributed by atoms with Gasteiger partial charge in [0.25, 0.3) is 0 Å². The van der Waals surface area contributed by atoms with Gasteiger partial charge in [0.2, 0.25) is 0 Å². The molecule has 0 saturated carbocycles. The van der Waals surface area contributed by atoms with Crippen LogP contribution in [0, 0.1) is 17.2 Å². The lowest BCUT2D eigenvalue weighted by molar-refractivity contribution is -0.143. The zero-order chi connectivity index (χ0) is 16.0. The van der Waals surface area contributed by atoms with E-state index in [0.717, 1.165) is 6.21 Å². The van der Waals surface area contributed by atoms with Crippen LogP contribution < -0.4 is 0 Å². The van der Waals surface area contributed by atoms with Gasteiger partial charge in [-0.05, 0) is 19.1 Å². The molecule has 0 saturated heterocycles. The van der Waals surface area contributed by atoms with Crippen LogP contribution in [0.25, 0.3) is 0 Å². The number of nitrogens with zero attached hydrogens (tertiary/aromatic N) is 2. The number of carboxylic acid groups (broad SMARTS) is 1. The quantitative estimate of drug-likeness (QED) is 0.661. The van der Waals surface area contributed by atoms with Gasteiger partial charge in [0, 0.05) is 11.2 Å². The summed E-state index contributed by atoms with van der Waals surface area (Å²) in [5, 5.41) is 17.8. The summed E-state index contributed by atoms with van der Waals surface area (Å²) in [5.41, 5.74) is -0.174. The number of esters is 1. The van der Waals surface area contributed by atoms with Crippen LogP contribution in [0.15, 0.2) is 17.1 Å². The molecule has 8 heteroatoms. The maximum absolute atomic E-state index is 11.4. The van der Waals surface area contributed by atoms with Gasteiger partial charge in [-0.25, -0.2) is 4.79 Å². The summed E-state index contributed by atoms with van der Waals surface area (Å²) in [4.78, 5) is 26.3. The minimum absolute atomic E-state index is 0.0473. The number of rotatable bonds is 5. The Kier molecular flexibility index (Phi) is 6.15. The first-order valence-electron chi connectivity index (χ1n) is 5.73. The average molecular weight is 329 g/mol. The van der Waals surface area contributed by atoms with Crippen molar-refractivity contribution in [1.29, 1.82) is 5.26 Å². The molecule has 0 aromatic heterocycles. The molecule has 1 rings (SSSR count). The number of aromatic carboxylic acids is 1. The standard InChI is InChI=1S/C13H10Cl2N2O4/c1-2-21-13(20)7(5-16)6-17-10-4-8(14)3-9(11(10)15)12(18)19/h3-4,6-7H,2H2,1H3,(H,18,19). The van der Waals surface area contributed by atoms with Crippen molar-refractivity contribution in [2.75, 3.05) is 6.61 Å². The first-order valence-corrected chi connectivity index (χ1v) is 6.49. The fourth-order valence-electron chi connectivity index (χ4n) is 1.36. The van der Waals surface area contributed by atoms with E-state index in [1.165, 1.54) is 12.1 Å². The second-order valence-electron chi connectivity index (χ2n) is 3.73. The van der Waals surface area contributed by atoms with E-state index in [4.69, 9.17) is 38.3 Å². The lowest BCUT2D eigenvalue weighted by atomic mass is 10.2. The van der Waals surface area contributed by atoms with Crippen LogP contribution in [0.3, 0.4) is 0 Å². The summed E-state index contributed by atoms with van der Waals surface area (Å²) in [5.74, 6) is -3.23. The van der Waals surface area contributed by atoms with Gasteiger partial charge in [0.1, 0.15) is 0 Å². The molecule has 0 heterocycles. The highest BCUT2D eigenvalue weighted by atomic mass is 35.5. The van der Waals surface area contributed by atoms with Crippen molar-refractivity contribution < 1.29 is 19.4 Å². The molecule has 0 fully saturated rings. The Morgan fingerprint density at radius 3 is 2.71 bits per heavy atom. The van der Waals surface area contributed by atoms with Crippen LogP contribution in [0.4, 0.5) is 5.69 Å². The molecule has 0 aliphatic rings. The monoisotopic (exact) mass is 328 g/mol. The van der Waals surface area contributed by atoms with E-state index in [1.54, 1.807) is 13.0 Å². The molecule has 1 aromatic carbocycles. The molecule has 1 atom stereocenters. The van der Waals surface area contributed by atoms with Crippen LogP contribution in [0.1, 0.15) is 17.3 Å². The SMILES string of the molecule is CCOC(=O)C(C#N)C=Nc1cc(Cl)cc(C(=O)O)c1Cl. The Morgan fingerprint density at radius 1 is 1.52 bits per heavy atom. The smallest absolute Gasteiger partial charge is 0.337 e. The van der Waals surface area contributed by atoms with Gasteiger partial charge in [-0.3, -0.25) is 9.79 Å². The molecule has 1 aromatic rings. The number of carbonyl (C=O) groups excluding carboxylic acids is 1. The van der Waals surface area contributed by atoms with Crippen molar-refractivity contribution in [3.8, 4) is 6.07 Å². The largest absolute Gasteiger partial charge is 0.478 e.